The quantitative estimate of drug-likeness (QED) is 0.351. The normalized spacial score (nSPS) is 42.1. The number of epoxide rings is 1. The molecule has 0 spiro atoms. The molecular weight excluding hydrogens is 336 g/mol. The zero-order valence-corrected chi connectivity index (χ0v) is 15.7. The van der Waals surface area contributed by atoms with E-state index in [-0.39, 0.29) is 11.7 Å². The van der Waals surface area contributed by atoms with Gasteiger partial charge in [0, 0.05) is 24.0 Å². The highest BCUT2D eigenvalue weighted by Gasteiger charge is 2.57. The Morgan fingerprint density at radius 3 is 2.85 bits per heavy atom. The van der Waals surface area contributed by atoms with Crippen LogP contribution >= 0.6 is 0 Å². The van der Waals surface area contributed by atoms with Gasteiger partial charge in [-0.2, -0.15) is 0 Å². The van der Waals surface area contributed by atoms with Crippen molar-refractivity contribution in [2.24, 2.45) is 5.92 Å². The van der Waals surface area contributed by atoms with Gasteiger partial charge in [0.25, 0.3) is 0 Å². The van der Waals surface area contributed by atoms with Crippen LogP contribution in [0.1, 0.15) is 40.5 Å². The first kappa shape index (κ1) is 18.9. The number of aliphatic hydroxyl groups excluding tert-OH is 1. The number of hydrogen-bond donors (Lipinski definition) is 1. The van der Waals surface area contributed by atoms with E-state index in [0.717, 1.165) is 0 Å². The highest BCUT2D eigenvalue weighted by atomic mass is 16.6. The summed E-state index contributed by atoms with van der Waals surface area (Å²) in [4.78, 5) is 24.5. The molecule has 2 fully saturated rings. The Morgan fingerprint density at radius 1 is 1.50 bits per heavy atom. The molecule has 0 aromatic carbocycles. The molecule has 3 rings (SSSR count). The average Bonchev–Trinajstić information content (AvgIpc) is 3.11. The van der Waals surface area contributed by atoms with Crippen LogP contribution in [-0.2, 0) is 23.8 Å². The van der Waals surface area contributed by atoms with Crippen molar-refractivity contribution in [1.82, 2.24) is 0 Å². The van der Waals surface area contributed by atoms with Crippen molar-refractivity contribution >= 4 is 11.9 Å². The molecule has 6 heteroatoms. The summed E-state index contributed by atoms with van der Waals surface area (Å²) in [5.74, 6) is -1.43. The summed E-state index contributed by atoms with van der Waals surface area (Å²) in [6.45, 7) is 11.0. The molecule has 6 atom stereocenters. The van der Waals surface area contributed by atoms with Crippen LogP contribution in [0.25, 0.3) is 0 Å². The first-order valence-corrected chi connectivity index (χ1v) is 8.94. The third kappa shape index (κ3) is 3.35. The maximum atomic E-state index is 12.4. The predicted octanol–water partition coefficient (Wildman–Crippen LogP) is 2.22. The second-order valence-corrected chi connectivity index (χ2v) is 7.62. The lowest BCUT2D eigenvalue weighted by atomic mass is 9.82. The number of fused-ring (bicyclic) bond motifs is 2. The summed E-state index contributed by atoms with van der Waals surface area (Å²) in [5, 5.41) is 10.4. The van der Waals surface area contributed by atoms with Crippen LogP contribution in [0.5, 0.6) is 0 Å². The van der Waals surface area contributed by atoms with Gasteiger partial charge in [0.05, 0.1) is 23.7 Å². The second kappa shape index (κ2) is 6.67. The monoisotopic (exact) mass is 362 g/mol. The van der Waals surface area contributed by atoms with Gasteiger partial charge in [-0.05, 0) is 39.3 Å². The van der Waals surface area contributed by atoms with E-state index in [1.165, 1.54) is 0 Å². The number of allylic oxidation sites excluding steroid dienone is 1. The first-order valence-electron chi connectivity index (χ1n) is 8.94. The molecule has 0 aromatic rings. The molecule has 6 nitrogen and oxygen atoms in total. The average molecular weight is 362 g/mol. The highest BCUT2D eigenvalue weighted by molar-refractivity contribution is 5.92. The zero-order valence-electron chi connectivity index (χ0n) is 15.7. The van der Waals surface area contributed by atoms with E-state index in [1.807, 2.05) is 6.92 Å². The molecule has 1 N–H and O–H groups in total. The summed E-state index contributed by atoms with van der Waals surface area (Å²) in [5.41, 5.74) is 0.974. The summed E-state index contributed by atoms with van der Waals surface area (Å²) in [7, 11) is 0. The molecule has 2 saturated heterocycles. The Labute approximate surface area is 153 Å². The molecule has 0 aromatic heterocycles. The molecule has 3 aliphatic rings. The third-order valence-electron chi connectivity index (χ3n) is 5.71. The Hall–Kier alpha value is -1.92. The molecule has 0 radical (unpaired) electrons. The summed E-state index contributed by atoms with van der Waals surface area (Å²) in [6.07, 6.45) is 2.29. The highest BCUT2D eigenvalue weighted by Crippen LogP contribution is 2.47. The molecule has 0 unspecified atom stereocenters. The van der Waals surface area contributed by atoms with Gasteiger partial charge >= 0.3 is 11.9 Å². The first-order chi connectivity index (χ1) is 12.2. The summed E-state index contributed by atoms with van der Waals surface area (Å²) in [6, 6.07) is 0. The number of rotatable bonds is 2. The van der Waals surface area contributed by atoms with Crippen molar-refractivity contribution in [3.05, 3.63) is 35.5 Å². The van der Waals surface area contributed by atoms with Crippen molar-refractivity contribution in [3.8, 4) is 0 Å². The van der Waals surface area contributed by atoms with Crippen LogP contribution in [0.3, 0.4) is 0 Å². The van der Waals surface area contributed by atoms with Gasteiger partial charge in [0.2, 0.25) is 0 Å². The topological polar surface area (TPSA) is 85.4 Å². The minimum Gasteiger partial charge on any atom is -0.458 e. The lowest BCUT2D eigenvalue weighted by Gasteiger charge is -2.29. The van der Waals surface area contributed by atoms with Crippen LogP contribution in [0, 0.1) is 5.92 Å². The fraction of sp³-hybridized carbons (Fsp3) is 0.600. The number of aliphatic hydroxyl groups is 1. The molecular formula is C20H26O6. The minimum absolute atomic E-state index is 0.118. The molecule has 0 bridgehead atoms. The largest absolute Gasteiger partial charge is 0.458 e. The summed E-state index contributed by atoms with van der Waals surface area (Å²) < 4.78 is 17.0. The van der Waals surface area contributed by atoms with Gasteiger partial charge in [-0.3, -0.25) is 0 Å². The third-order valence-corrected chi connectivity index (χ3v) is 5.71. The molecule has 1 aliphatic carbocycles. The van der Waals surface area contributed by atoms with E-state index in [4.69, 9.17) is 14.2 Å². The number of hydrogen-bond acceptors (Lipinski definition) is 6. The van der Waals surface area contributed by atoms with E-state index in [1.54, 1.807) is 32.9 Å². The fourth-order valence-electron chi connectivity index (χ4n) is 3.70. The molecule has 142 valence electrons. The van der Waals surface area contributed by atoms with E-state index in [9.17, 15) is 14.7 Å². The van der Waals surface area contributed by atoms with Gasteiger partial charge in [-0.1, -0.05) is 12.7 Å². The van der Waals surface area contributed by atoms with Crippen LogP contribution in [0.4, 0.5) is 0 Å². The summed E-state index contributed by atoms with van der Waals surface area (Å²) >= 11 is 0. The Kier molecular flexibility index (Phi) is 4.84. The van der Waals surface area contributed by atoms with Crippen molar-refractivity contribution in [1.29, 1.82) is 0 Å². The molecule has 26 heavy (non-hydrogen) atoms. The fourth-order valence-corrected chi connectivity index (χ4v) is 3.70. The Balaban J connectivity index is 1.98. The van der Waals surface area contributed by atoms with Gasteiger partial charge in [0.15, 0.2) is 0 Å². The molecule has 2 heterocycles. The van der Waals surface area contributed by atoms with Crippen LogP contribution in [-0.4, -0.2) is 47.1 Å². The van der Waals surface area contributed by atoms with E-state index >= 15 is 0 Å². The number of ether oxygens (including phenoxy) is 3. The Bertz CT molecular complexity index is 705. The molecule has 2 aliphatic heterocycles. The second-order valence-electron chi connectivity index (χ2n) is 7.62. The van der Waals surface area contributed by atoms with Gasteiger partial charge < -0.3 is 19.3 Å². The Morgan fingerprint density at radius 2 is 2.19 bits per heavy atom. The minimum atomic E-state index is -0.667. The van der Waals surface area contributed by atoms with Crippen molar-refractivity contribution in [2.75, 3.05) is 0 Å². The molecule has 0 amide bonds. The van der Waals surface area contributed by atoms with Crippen molar-refractivity contribution in [2.45, 2.75) is 70.6 Å². The van der Waals surface area contributed by atoms with Gasteiger partial charge in [-0.25, -0.2) is 9.59 Å². The van der Waals surface area contributed by atoms with Crippen LogP contribution in [0.15, 0.2) is 35.5 Å². The van der Waals surface area contributed by atoms with Crippen LogP contribution in [0.2, 0.25) is 0 Å². The van der Waals surface area contributed by atoms with Gasteiger partial charge in [-0.15, -0.1) is 0 Å². The molecule has 0 saturated carbocycles. The predicted molar refractivity (Wildman–Crippen MR) is 94.1 cm³/mol. The number of esters is 2. The van der Waals surface area contributed by atoms with E-state index < -0.39 is 41.8 Å². The number of carbonyl (C=O) groups excluding carboxylic acids is 2. The SMILES string of the molecule is C=C1C(=O)O[C@@H]2/C=C(\C)[C@@H](O)C[C@H]3O[C@@]3(C)C[C@@H](OC(=O)/C(C)=C/C)[C@@H]12. The van der Waals surface area contributed by atoms with E-state index in [0.29, 0.717) is 24.0 Å². The zero-order chi connectivity index (χ0) is 19.2. The lowest BCUT2D eigenvalue weighted by molar-refractivity contribution is -0.148. The van der Waals surface area contributed by atoms with Crippen molar-refractivity contribution in [3.63, 3.8) is 0 Å². The van der Waals surface area contributed by atoms with Crippen molar-refractivity contribution < 1.29 is 28.9 Å². The smallest absolute Gasteiger partial charge is 0.334 e. The van der Waals surface area contributed by atoms with Gasteiger partial charge in [0.1, 0.15) is 12.2 Å². The van der Waals surface area contributed by atoms with Crippen LogP contribution < -0.4 is 0 Å². The maximum absolute atomic E-state index is 12.4. The van der Waals surface area contributed by atoms with E-state index in [2.05, 4.69) is 6.58 Å². The number of carbonyl (C=O) groups is 2. The lowest BCUT2D eigenvalue weighted by Crippen LogP contribution is -2.37. The standard InChI is InChI=1S/C20H26O6/c1-6-10(2)18(22)25-15-9-20(5)16(26-20)8-13(21)11(3)7-14-17(15)12(4)19(23)24-14/h6-7,13-17,21H,4,8-9H2,1-3,5H3/b10-6+,11-7+/t13-,14+,15+,16+,17-,20-/m0/s1. The maximum Gasteiger partial charge on any atom is 0.334 e.